The molecule has 1 N–H and O–H groups in total. The molecule has 2 aromatic heterocycles. The molecule has 0 bridgehead atoms. The van der Waals surface area contributed by atoms with Crippen LogP contribution in [-0.4, -0.2) is 42.0 Å². The Balaban J connectivity index is 1.46. The number of rotatable bonds is 6. The summed E-state index contributed by atoms with van der Waals surface area (Å²) in [6, 6.07) is 3.92. The Morgan fingerprint density at radius 3 is 3.26 bits per heavy atom. The molecule has 1 saturated heterocycles. The van der Waals surface area contributed by atoms with Gasteiger partial charge < -0.3 is 14.6 Å². The second-order valence-electron chi connectivity index (χ2n) is 6.00. The Kier molecular flexibility index (Phi) is 5.46. The fourth-order valence-electron chi connectivity index (χ4n) is 2.99. The fraction of sp³-hybridized carbons (Fsp3) is 0.529. The van der Waals surface area contributed by atoms with Crippen LogP contribution in [-0.2, 0) is 11.2 Å². The summed E-state index contributed by atoms with van der Waals surface area (Å²) >= 11 is 1.58. The van der Waals surface area contributed by atoms with Crippen molar-refractivity contribution in [2.24, 2.45) is 5.92 Å². The van der Waals surface area contributed by atoms with Crippen LogP contribution < -0.4 is 5.32 Å². The van der Waals surface area contributed by atoms with Crippen molar-refractivity contribution in [2.45, 2.75) is 26.2 Å². The Hall–Kier alpha value is -1.66. The molecule has 1 fully saturated rings. The van der Waals surface area contributed by atoms with Crippen LogP contribution >= 0.6 is 11.3 Å². The summed E-state index contributed by atoms with van der Waals surface area (Å²) in [4.78, 5) is 19.9. The standard InChI is InChI=1S/C17H23N3O2S/c1-2-20-7-3-5-13(11-20)10-18-16(21)9-14-12-22-17(19-14)15-6-4-8-23-15/h4,6,8,12-13H,2-3,5,7,9-11H2,1H3,(H,18,21)/t13-/m1/s1. The molecule has 2 aromatic rings. The van der Waals surface area contributed by atoms with Gasteiger partial charge in [0.05, 0.1) is 17.0 Å². The van der Waals surface area contributed by atoms with E-state index in [0.717, 1.165) is 24.5 Å². The number of oxazole rings is 1. The summed E-state index contributed by atoms with van der Waals surface area (Å²) in [5, 5.41) is 5.03. The second-order valence-corrected chi connectivity index (χ2v) is 6.95. The highest BCUT2D eigenvalue weighted by Gasteiger charge is 2.19. The molecule has 6 heteroatoms. The van der Waals surface area contributed by atoms with E-state index in [1.54, 1.807) is 17.6 Å². The average Bonchev–Trinajstić information content (AvgIpc) is 3.24. The normalized spacial score (nSPS) is 18.9. The van der Waals surface area contributed by atoms with Gasteiger partial charge in [-0.15, -0.1) is 11.3 Å². The molecule has 0 aliphatic carbocycles. The van der Waals surface area contributed by atoms with Crippen molar-refractivity contribution in [3.63, 3.8) is 0 Å². The number of piperidine rings is 1. The average molecular weight is 333 g/mol. The van der Waals surface area contributed by atoms with Crippen molar-refractivity contribution >= 4 is 17.2 Å². The summed E-state index contributed by atoms with van der Waals surface area (Å²) in [5.41, 5.74) is 0.685. The lowest BCUT2D eigenvalue weighted by atomic mass is 9.98. The van der Waals surface area contributed by atoms with E-state index in [1.165, 1.54) is 19.4 Å². The number of thiophene rings is 1. The van der Waals surface area contributed by atoms with Gasteiger partial charge in [0.25, 0.3) is 0 Å². The number of nitrogens with zero attached hydrogens (tertiary/aromatic N) is 2. The van der Waals surface area contributed by atoms with Crippen molar-refractivity contribution in [1.82, 2.24) is 15.2 Å². The van der Waals surface area contributed by atoms with Crippen LogP contribution in [0, 0.1) is 5.92 Å². The third-order valence-electron chi connectivity index (χ3n) is 4.26. The topological polar surface area (TPSA) is 58.4 Å². The first-order chi connectivity index (χ1) is 11.2. The van der Waals surface area contributed by atoms with Crippen molar-refractivity contribution in [3.05, 3.63) is 29.5 Å². The molecule has 1 atom stereocenters. The van der Waals surface area contributed by atoms with Gasteiger partial charge in [0.1, 0.15) is 6.26 Å². The minimum absolute atomic E-state index is 0.0182. The van der Waals surface area contributed by atoms with E-state index in [4.69, 9.17) is 4.42 Å². The molecule has 0 spiro atoms. The molecule has 0 aromatic carbocycles. The summed E-state index contributed by atoms with van der Waals surface area (Å²) in [7, 11) is 0. The molecule has 0 saturated carbocycles. The van der Waals surface area contributed by atoms with E-state index in [1.807, 2.05) is 17.5 Å². The van der Waals surface area contributed by atoms with Gasteiger partial charge >= 0.3 is 0 Å². The third kappa shape index (κ3) is 4.42. The number of carbonyl (C=O) groups excluding carboxylic acids is 1. The maximum absolute atomic E-state index is 12.1. The van der Waals surface area contributed by atoms with Gasteiger partial charge in [0, 0.05) is 13.1 Å². The highest BCUT2D eigenvalue weighted by atomic mass is 32.1. The molecule has 3 heterocycles. The molecule has 1 aliphatic rings. The maximum atomic E-state index is 12.1. The lowest BCUT2D eigenvalue weighted by Crippen LogP contribution is -2.41. The SMILES string of the molecule is CCN1CCC[C@H](CNC(=O)Cc2coc(-c3cccs3)n2)C1. The van der Waals surface area contributed by atoms with Crippen LogP contribution in [0.4, 0.5) is 0 Å². The minimum atomic E-state index is 0.0182. The van der Waals surface area contributed by atoms with E-state index in [0.29, 0.717) is 17.5 Å². The molecule has 1 amide bonds. The third-order valence-corrected chi connectivity index (χ3v) is 5.12. The van der Waals surface area contributed by atoms with Crippen molar-refractivity contribution in [3.8, 4) is 10.8 Å². The number of nitrogens with one attached hydrogen (secondary N) is 1. The first kappa shape index (κ1) is 16.2. The predicted molar refractivity (Wildman–Crippen MR) is 91.4 cm³/mol. The van der Waals surface area contributed by atoms with E-state index >= 15 is 0 Å². The number of hydrogen-bond donors (Lipinski definition) is 1. The quantitative estimate of drug-likeness (QED) is 0.883. The number of amides is 1. The summed E-state index contributed by atoms with van der Waals surface area (Å²) in [5.74, 6) is 1.17. The van der Waals surface area contributed by atoms with Gasteiger partial charge in [-0.3, -0.25) is 4.79 Å². The zero-order valence-electron chi connectivity index (χ0n) is 13.5. The van der Waals surface area contributed by atoms with Crippen LogP contribution in [0.3, 0.4) is 0 Å². The Labute approximate surface area is 140 Å². The van der Waals surface area contributed by atoms with Crippen molar-refractivity contribution < 1.29 is 9.21 Å². The summed E-state index contributed by atoms with van der Waals surface area (Å²) < 4.78 is 5.45. The number of aromatic nitrogens is 1. The van der Waals surface area contributed by atoms with Crippen LogP contribution in [0.5, 0.6) is 0 Å². The van der Waals surface area contributed by atoms with Crippen LogP contribution in [0.2, 0.25) is 0 Å². The van der Waals surface area contributed by atoms with Crippen LogP contribution in [0.15, 0.2) is 28.2 Å². The fourth-order valence-corrected chi connectivity index (χ4v) is 3.65. The smallest absolute Gasteiger partial charge is 0.236 e. The Morgan fingerprint density at radius 2 is 2.48 bits per heavy atom. The summed E-state index contributed by atoms with van der Waals surface area (Å²) in [6.45, 7) is 6.31. The number of likely N-dealkylation sites (tertiary alicyclic amines) is 1. The molecule has 3 rings (SSSR count). The van der Waals surface area contributed by atoms with Gasteiger partial charge in [-0.05, 0) is 43.3 Å². The van der Waals surface area contributed by atoms with Gasteiger partial charge in [-0.25, -0.2) is 4.98 Å². The first-order valence-electron chi connectivity index (χ1n) is 8.22. The van der Waals surface area contributed by atoms with Crippen molar-refractivity contribution in [2.75, 3.05) is 26.2 Å². The maximum Gasteiger partial charge on any atom is 0.236 e. The van der Waals surface area contributed by atoms with E-state index in [2.05, 4.69) is 22.1 Å². The van der Waals surface area contributed by atoms with Gasteiger partial charge in [0.15, 0.2) is 0 Å². The lowest BCUT2D eigenvalue weighted by molar-refractivity contribution is -0.120. The highest BCUT2D eigenvalue weighted by molar-refractivity contribution is 7.13. The molecule has 0 radical (unpaired) electrons. The van der Waals surface area contributed by atoms with Gasteiger partial charge in [-0.1, -0.05) is 13.0 Å². The molecular formula is C17H23N3O2S. The molecular weight excluding hydrogens is 310 g/mol. The first-order valence-corrected chi connectivity index (χ1v) is 9.10. The van der Waals surface area contributed by atoms with E-state index in [9.17, 15) is 4.79 Å². The molecule has 0 unspecified atom stereocenters. The predicted octanol–water partition coefficient (Wildman–Crippen LogP) is 2.79. The zero-order valence-corrected chi connectivity index (χ0v) is 14.3. The molecule has 1 aliphatic heterocycles. The molecule has 124 valence electrons. The largest absolute Gasteiger partial charge is 0.444 e. The molecule has 5 nitrogen and oxygen atoms in total. The van der Waals surface area contributed by atoms with E-state index < -0.39 is 0 Å². The van der Waals surface area contributed by atoms with Gasteiger partial charge in [-0.2, -0.15) is 0 Å². The van der Waals surface area contributed by atoms with E-state index in [-0.39, 0.29) is 12.3 Å². The zero-order chi connectivity index (χ0) is 16.1. The Morgan fingerprint density at radius 1 is 1.57 bits per heavy atom. The monoisotopic (exact) mass is 333 g/mol. The second kappa shape index (κ2) is 7.75. The minimum Gasteiger partial charge on any atom is -0.444 e. The number of hydrogen-bond acceptors (Lipinski definition) is 5. The Bertz CT molecular complexity index is 624. The van der Waals surface area contributed by atoms with Crippen molar-refractivity contribution in [1.29, 1.82) is 0 Å². The number of carbonyl (C=O) groups is 1. The summed E-state index contributed by atoms with van der Waals surface area (Å²) in [6.07, 6.45) is 4.28. The highest BCUT2D eigenvalue weighted by Crippen LogP contribution is 2.23. The molecule has 23 heavy (non-hydrogen) atoms. The van der Waals surface area contributed by atoms with Gasteiger partial charge in [0.2, 0.25) is 11.8 Å². The van der Waals surface area contributed by atoms with Crippen LogP contribution in [0.25, 0.3) is 10.8 Å². The lowest BCUT2D eigenvalue weighted by Gasteiger charge is -2.31. The van der Waals surface area contributed by atoms with Crippen LogP contribution in [0.1, 0.15) is 25.5 Å².